The van der Waals surface area contributed by atoms with E-state index in [9.17, 15) is 9.18 Å². The second kappa shape index (κ2) is 8.88. The molecule has 2 aromatic heterocycles. The standard InChI is InChI=1S/C23H21ClFN5OS/c24-18-5-1-3-15(11-18)12-26-21(31)17-4-2-10-29(13-17)23-28-30-14-20(27-22(30)32-23)16-6-8-19(25)9-7-16/h1,3,5-9,11,14,17H,2,4,10,12-13H2,(H,26,31)/t17-/m0/s1. The second-order valence-electron chi connectivity index (χ2n) is 7.88. The number of fused-ring (bicyclic) bond motifs is 1. The molecule has 1 amide bonds. The fourth-order valence-electron chi connectivity index (χ4n) is 3.92. The number of anilines is 1. The van der Waals surface area contributed by atoms with Crippen LogP contribution in [-0.2, 0) is 11.3 Å². The predicted octanol–water partition coefficient (Wildman–Crippen LogP) is 4.78. The van der Waals surface area contributed by atoms with Gasteiger partial charge in [-0.2, -0.15) is 0 Å². The minimum absolute atomic E-state index is 0.0506. The smallest absolute Gasteiger partial charge is 0.225 e. The van der Waals surface area contributed by atoms with E-state index in [1.165, 1.54) is 23.5 Å². The van der Waals surface area contributed by atoms with Gasteiger partial charge in [0.15, 0.2) is 0 Å². The van der Waals surface area contributed by atoms with Crippen molar-refractivity contribution in [1.29, 1.82) is 0 Å². The molecule has 0 radical (unpaired) electrons. The van der Waals surface area contributed by atoms with Crippen LogP contribution in [0.1, 0.15) is 18.4 Å². The minimum atomic E-state index is -0.272. The molecule has 1 fully saturated rings. The number of hydrogen-bond donors (Lipinski definition) is 1. The van der Waals surface area contributed by atoms with Crippen molar-refractivity contribution >= 4 is 38.9 Å². The molecule has 0 aliphatic carbocycles. The molecule has 32 heavy (non-hydrogen) atoms. The average Bonchev–Trinajstić information content (AvgIpc) is 3.38. The summed E-state index contributed by atoms with van der Waals surface area (Å²) in [6, 6.07) is 13.8. The molecule has 2 aromatic carbocycles. The average molecular weight is 470 g/mol. The predicted molar refractivity (Wildman–Crippen MR) is 124 cm³/mol. The number of amides is 1. The van der Waals surface area contributed by atoms with Crippen molar-refractivity contribution in [2.45, 2.75) is 19.4 Å². The molecule has 1 atom stereocenters. The highest BCUT2D eigenvalue weighted by molar-refractivity contribution is 7.20. The number of hydrogen-bond acceptors (Lipinski definition) is 5. The van der Waals surface area contributed by atoms with E-state index in [0.29, 0.717) is 18.1 Å². The van der Waals surface area contributed by atoms with Gasteiger partial charge in [-0.3, -0.25) is 4.79 Å². The molecule has 1 N–H and O–H groups in total. The van der Waals surface area contributed by atoms with E-state index in [4.69, 9.17) is 11.6 Å². The lowest BCUT2D eigenvalue weighted by Crippen LogP contribution is -2.43. The number of nitrogens with zero attached hydrogens (tertiary/aromatic N) is 4. The summed E-state index contributed by atoms with van der Waals surface area (Å²) < 4.78 is 14.9. The van der Waals surface area contributed by atoms with Crippen LogP contribution in [0.2, 0.25) is 5.02 Å². The molecule has 0 spiro atoms. The summed E-state index contributed by atoms with van der Waals surface area (Å²) >= 11 is 7.52. The summed E-state index contributed by atoms with van der Waals surface area (Å²) in [5.74, 6) is -0.310. The molecule has 0 bridgehead atoms. The Balaban J connectivity index is 1.25. The van der Waals surface area contributed by atoms with Crippen molar-refractivity contribution in [3.05, 3.63) is 71.1 Å². The molecule has 9 heteroatoms. The SMILES string of the molecule is O=C(NCc1cccc(Cl)c1)[C@H]1CCCN(c2nn3cc(-c4ccc(F)cc4)nc3s2)C1. The van der Waals surface area contributed by atoms with Crippen molar-refractivity contribution in [1.82, 2.24) is 19.9 Å². The van der Waals surface area contributed by atoms with E-state index in [2.05, 4.69) is 20.3 Å². The molecule has 6 nitrogen and oxygen atoms in total. The van der Waals surface area contributed by atoms with Crippen molar-refractivity contribution in [2.75, 3.05) is 18.0 Å². The maximum atomic E-state index is 13.2. The molecule has 0 unspecified atom stereocenters. The monoisotopic (exact) mass is 469 g/mol. The number of benzene rings is 2. The van der Waals surface area contributed by atoms with Gasteiger partial charge in [0.25, 0.3) is 0 Å². The lowest BCUT2D eigenvalue weighted by Gasteiger charge is -2.31. The van der Waals surface area contributed by atoms with Crippen LogP contribution in [0, 0.1) is 11.7 Å². The third kappa shape index (κ3) is 4.47. The fraction of sp³-hybridized carbons (Fsp3) is 0.261. The summed E-state index contributed by atoms with van der Waals surface area (Å²) in [6.07, 6.45) is 3.63. The number of nitrogens with one attached hydrogen (secondary N) is 1. The summed E-state index contributed by atoms with van der Waals surface area (Å²) in [4.78, 5) is 20.3. The largest absolute Gasteiger partial charge is 0.352 e. The van der Waals surface area contributed by atoms with Gasteiger partial charge in [-0.25, -0.2) is 13.9 Å². The van der Waals surface area contributed by atoms with E-state index in [0.717, 1.165) is 46.3 Å². The van der Waals surface area contributed by atoms with Gasteiger partial charge in [0.2, 0.25) is 16.0 Å². The highest BCUT2D eigenvalue weighted by Crippen LogP contribution is 2.30. The second-order valence-corrected chi connectivity index (χ2v) is 9.25. The van der Waals surface area contributed by atoms with E-state index >= 15 is 0 Å². The summed E-state index contributed by atoms with van der Waals surface area (Å²) in [6.45, 7) is 1.95. The zero-order chi connectivity index (χ0) is 22.1. The third-order valence-corrected chi connectivity index (χ3v) is 6.81. The lowest BCUT2D eigenvalue weighted by atomic mass is 9.97. The Kier molecular flexibility index (Phi) is 5.80. The van der Waals surface area contributed by atoms with E-state index in [1.807, 2.05) is 30.5 Å². The molecular weight excluding hydrogens is 449 g/mol. The van der Waals surface area contributed by atoms with Crippen molar-refractivity contribution in [3.8, 4) is 11.3 Å². The maximum absolute atomic E-state index is 13.2. The van der Waals surface area contributed by atoms with Gasteiger partial charge in [0.05, 0.1) is 17.8 Å². The number of aromatic nitrogens is 3. The lowest BCUT2D eigenvalue weighted by molar-refractivity contribution is -0.125. The van der Waals surface area contributed by atoms with Crippen LogP contribution in [0.25, 0.3) is 16.2 Å². The summed E-state index contributed by atoms with van der Waals surface area (Å²) in [5, 5.41) is 9.23. The van der Waals surface area contributed by atoms with E-state index < -0.39 is 0 Å². The van der Waals surface area contributed by atoms with E-state index in [1.54, 1.807) is 16.6 Å². The number of carbonyl (C=O) groups excluding carboxylic acids is 1. The molecule has 1 saturated heterocycles. The first-order chi connectivity index (χ1) is 15.5. The molecule has 3 heterocycles. The molecule has 164 valence electrons. The molecule has 1 aliphatic rings. The van der Waals surface area contributed by atoms with Crippen molar-refractivity contribution in [2.24, 2.45) is 5.92 Å². The zero-order valence-electron chi connectivity index (χ0n) is 17.2. The Morgan fingerprint density at radius 2 is 2.09 bits per heavy atom. The maximum Gasteiger partial charge on any atom is 0.225 e. The highest BCUT2D eigenvalue weighted by Gasteiger charge is 2.27. The third-order valence-electron chi connectivity index (χ3n) is 5.59. The van der Waals surface area contributed by atoms with Crippen LogP contribution in [-0.4, -0.2) is 33.6 Å². The fourth-order valence-corrected chi connectivity index (χ4v) is 5.05. The van der Waals surface area contributed by atoms with Crippen LogP contribution >= 0.6 is 22.9 Å². The molecule has 4 aromatic rings. The Labute approximate surface area is 193 Å². The number of halogens is 2. The number of carbonyl (C=O) groups is 1. The number of piperidine rings is 1. The highest BCUT2D eigenvalue weighted by atomic mass is 35.5. The zero-order valence-corrected chi connectivity index (χ0v) is 18.7. The Bertz CT molecular complexity index is 1220. The number of imidazole rings is 1. The van der Waals surface area contributed by atoms with Gasteiger partial charge in [0, 0.05) is 30.2 Å². The first kappa shape index (κ1) is 20.9. The van der Waals surface area contributed by atoms with E-state index in [-0.39, 0.29) is 17.6 Å². The minimum Gasteiger partial charge on any atom is -0.352 e. The number of rotatable bonds is 5. The Hall–Kier alpha value is -2.97. The normalized spacial score (nSPS) is 16.4. The van der Waals surface area contributed by atoms with Crippen LogP contribution in [0.5, 0.6) is 0 Å². The van der Waals surface area contributed by atoms with Gasteiger partial charge < -0.3 is 10.2 Å². The van der Waals surface area contributed by atoms with Gasteiger partial charge in [-0.05, 0) is 54.8 Å². The first-order valence-corrected chi connectivity index (χ1v) is 11.6. The first-order valence-electron chi connectivity index (χ1n) is 10.4. The quantitative estimate of drug-likeness (QED) is 0.456. The van der Waals surface area contributed by atoms with Crippen molar-refractivity contribution < 1.29 is 9.18 Å². The van der Waals surface area contributed by atoms with Gasteiger partial charge in [-0.15, -0.1) is 5.10 Å². The molecule has 1 aliphatic heterocycles. The van der Waals surface area contributed by atoms with Crippen LogP contribution < -0.4 is 10.2 Å². The van der Waals surface area contributed by atoms with Gasteiger partial charge in [0.1, 0.15) is 5.82 Å². The van der Waals surface area contributed by atoms with Crippen LogP contribution in [0.4, 0.5) is 9.52 Å². The Morgan fingerprint density at radius 1 is 1.25 bits per heavy atom. The Morgan fingerprint density at radius 3 is 2.88 bits per heavy atom. The molecule has 0 saturated carbocycles. The van der Waals surface area contributed by atoms with Crippen molar-refractivity contribution in [3.63, 3.8) is 0 Å². The topological polar surface area (TPSA) is 62.5 Å². The van der Waals surface area contributed by atoms with Gasteiger partial charge in [-0.1, -0.05) is 35.1 Å². The summed E-state index contributed by atoms with van der Waals surface area (Å²) in [7, 11) is 0. The molecular formula is C23H21ClFN5OS. The summed E-state index contributed by atoms with van der Waals surface area (Å²) in [5.41, 5.74) is 2.59. The van der Waals surface area contributed by atoms with Crippen LogP contribution in [0.3, 0.4) is 0 Å². The van der Waals surface area contributed by atoms with Crippen LogP contribution in [0.15, 0.2) is 54.7 Å². The van der Waals surface area contributed by atoms with Gasteiger partial charge >= 0.3 is 0 Å². The molecule has 5 rings (SSSR count).